The molecule has 1 aromatic rings. The van der Waals surface area contributed by atoms with Crippen LogP contribution in [0.1, 0.15) is 70.3 Å². The summed E-state index contributed by atoms with van der Waals surface area (Å²) in [6.45, 7) is 4.94. The summed E-state index contributed by atoms with van der Waals surface area (Å²) >= 11 is 0. The molecule has 0 spiro atoms. The molecule has 0 amide bonds. The number of aryl methyl sites for hydroxylation is 1. The fourth-order valence-electron chi connectivity index (χ4n) is 4.09. The molecule has 1 aliphatic heterocycles. The average Bonchev–Trinajstić information content (AvgIpc) is 2.59. The Hall–Kier alpha value is -1.02. The van der Waals surface area contributed by atoms with Gasteiger partial charge in [-0.3, -0.25) is 0 Å². The van der Waals surface area contributed by atoms with Crippen LogP contribution in [0.25, 0.3) is 0 Å². The number of benzene rings is 1. The van der Waals surface area contributed by atoms with Crippen molar-refractivity contribution in [2.75, 3.05) is 13.1 Å². The second-order valence-corrected chi connectivity index (χ2v) is 7.51. The van der Waals surface area contributed by atoms with Crippen LogP contribution in [-0.2, 0) is 6.42 Å². The summed E-state index contributed by atoms with van der Waals surface area (Å²) in [6, 6.07) is 9.66. The van der Waals surface area contributed by atoms with Crippen molar-refractivity contribution in [2.24, 2.45) is 0 Å². The van der Waals surface area contributed by atoms with Crippen molar-refractivity contribution in [1.29, 1.82) is 0 Å². The first kappa shape index (κ1) is 16.8. The Bertz CT molecular complexity index is 449. The molecule has 1 saturated heterocycles. The molecule has 1 aromatic carbocycles. The molecule has 2 aliphatic rings. The van der Waals surface area contributed by atoms with Crippen LogP contribution in [0.2, 0.25) is 0 Å². The fourth-order valence-corrected chi connectivity index (χ4v) is 4.09. The number of piperidine rings is 1. The number of hydrogen-bond acceptors (Lipinski definition) is 2. The molecule has 2 heteroatoms. The van der Waals surface area contributed by atoms with E-state index in [4.69, 9.17) is 4.74 Å². The summed E-state index contributed by atoms with van der Waals surface area (Å²) < 4.78 is 6.12. The van der Waals surface area contributed by atoms with Crippen molar-refractivity contribution in [1.82, 2.24) is 4.90 Å². The lowest BCUT2D eigenvalue weighted by molar-refractivity contribution is 0.155. The predicted molar refractivity (Wildman–Crippen MR) is 97.2 cm³/mol. The third kappa shape index (κ3) is 5.24. The van der Waals surface area contributed by atoms with Gasteiger partial charge in [0, 0.05) is 6.04 Å². The highest BCUT2D eigenvalue weighted by Gasteiger charge is 2.17. The van der Waals surface area contributed by atoms with Gasteiger partial charge in [0.15, 0.2) is 0 Å². The minimum Gasteiger partial charge on any atom is -0.490 e. The van der Waals surface area contributed by atoms with Gasteiger partial charge in [-0.05, 0) is 89.1 Å². The first-order chi connectivity index (χ1) is 11.3. The summed E-state index contributed by atoms with van der Waals surface area (Å²) in [5, 5.41) is 0. The van der Waals surface area contributed by atoms with Crippen LogP contribution in [-0.4, -0.2) is 30.1 Å². The van der Waals surface area contributed by atoms with Crippen molar-refractivity contribution in [3.05, 3.63) is 29.8 Å². The van der Waals surface area contributed by atoms with E-state index in [1.165, 1.54) is 82.9 Å². The van der Waals surface area contributed by atoms with Crippen LogP contribution < -0.4 is 4.74 Å². The molecule has 1 aliphatic carbocycles. The summed E-state index contributed by atoms with van der Waals surface area (Å²) in [5.41, 5.74) is 1.45. The van der Waals surface area contributed by atoms with E-state index >= 15 is 0 Å². The van der Waals surface area contributed by atoms with Gasteiger partial charge in [-0.2, -0.15) is 0 Å². The Morgan fingerprint density at radius 2 is 1.70 bits per heavy atom. The predicted octanol–water partition coefficient (Wildman–Crippen LogP) is 5.21. The number of ether oxygens (including phenoxy) is 1. The van der Waals surface area contributed by atoms with Crippen molar-refractivity contribution in [3.63, 3.8) is 0 Å². The fraction of sp³-hybridized carbons (Fsp3) is 0.714. The normalized spacial score (nSPS) is 23.8. The molecule has 23 heavy (non-hydrogen) atoms. The quantitative estimate of drug-likeness (QED) is 0.715. The van der Waals surface area contributed by atoms with Crippen LogP contribution in [0, 0.1) is 0 Å². The maximum atomic E-state index is 6.12. The minimum absolute atomic E-state index is 0.454. The second-order valence-electron chi connectivity index (χ2n) is 7.51. The Morgan fingerprint density at radius 3 is 2.43 bits per heavy atom. The number of rotatable bonds is 6. The van der Waals surface area contributed by atoms with Crippen LogP contribution in [0.4, 0.5) is 0 Å². The van der Waals surface area contributed by atoms with Gasteiger partial charge in [-0.1, -0.05) is 25.0 Å². The molecule has 0 radical (unpaired) electrons. The van der Waals surface area contributed by atoms with Gasteiger partial charge in [0.05, 0.1) is 6.10 Å². The molecule has 0 bridgehead atoms. The van der Waals surface area contributed by atoms with Gasteiger partial charge >= 0.3 is 0 Å². The van der Waals surface area contributed by atoms with Gasteiger partial charge in [0.2, 0.25) is 0 Å². The molecule has 1 saturated carbocycles. The molecule has 128 valence electrons. The maximum absolute atomic E-state index is 6.12. The Kier molecular flexibility index (Phi) is 6.38. The summed E-state index contributed by atoms with van der Waals surface area (Å²) in [5.74, 6) is 1.06. The Labute approximate surface area is 142 Å². The zero-order valence-corrected chi connectivity index (χ0v) is 14.8. The Balaban J connectivity index is 1.40. The van der Waals surface area contributed by atoms with E-state index in [1.807, 2.05) is 0 Å². The lowest BCUT2D eigenvalue weighted by Gasteiger charge is -2.33. The van der Waals surface area contributed by atoms with Gasteiger partial charge in [0.1, 0.15) is 5.75 Å². The second kappa shape index (κ2) is 8.73. The van der Waals surface area contributed by atoms with Crippen LogP contribution in [0.3, 0.4) is 0 Å². The monoisotopic (exact) mass is 315 g/mol. The largest absolute Gasteiger partial charge is 0.490 e. The average molecular weight is 316 g/mol. The molecule has 3 rings (SSSR count). The van der Waals surface area contributed by atoms with E-state index in [1.54, 1.807) is 0 Å². The van der Waals surface area contributed by atoms with E-state index in [2.05, 4.69) is 36.1 Å². The number of hydrogen-bond donors (Lipinski definition) is 0. The SMILES string of the molecule is CC1CCCCN1CCCc1ccc(OC2CCCCC2)cc1. The highest BCUT2D eigenvalue weighted by Crippen LogP contribution is 2.24. The summed E-state index contributed by atoms with van der Waals surface area (Å²) in [6.07, 6.45) is 13.6. The van der Waals surface area contributed by atoms with Gasteiger partial charge in [-0.25, -0.2) is 0 Å². The highest BCUT2D eigenvalue weighted by atomic mass is 16.5. The van der Waals surface area contributed by atoms with Gasteiger partial charge < -0.3 is 9.64 Å². The van der Waals surface area contributed by atoms with E-state index in [0.29, 0.717) is 6.10 Å². The topological polar surface area (TPSA) is 12.5 Å². The summed E-state index contributed by atoms with van der Waals surface area (Å²) in [4.78, 5) is 2.67. The maximum Gasteiger partial charge on any atom is 0.119 e. The first-order valence-electron chi connectivity index (χ1n) is 9.81. The zero-order chi connectivity index (χ0) is 15.9. The van der Waals surface area contributed by atoms with Crippen molar-refractivity contribution < 1.29 is 4.74 Å². The standard InChI is InChI=1S/C21H33NO/c1-18-8-5-6-16-22(18)17-7-9-19-12-14-21(15-13-19)23-20-10-3-2-4-11-20/h12-15,18,20H,2-11,16-17H2,1H3. The summed E-state index contributed by atoms with van der Waals surface area (Å²) in [7, 11) is 0. The number of likely N-dealkylation sites (tertiary alicyclic amines) is 1. The molecule has 1 heterocycles. The van der Waals surface area contributed by atoms with E-state index in [9.17, 15) is 0 Å². The third-order valence-corrected chi connectivity index (χ3v) is 5.63. The van der Waals surface area contributed by atoms with Crippen molar-refractivity contribution in [3.8, 4) is 5.75 Å². The Morgan fingerprint density at radius 1 is 0.957 bits per heavy atom. The molecule has 0 aromatic heterocycles. The van der Waals surface area contributed by atoms with Crippen LogP contribution >= 0.6 is 0 Å². The van der Waals surface area contributed by atoms with Crippen LogP contribution in [0.15, 0.2) is 24.3 Å². The third-order valence-electron chi connectivity index (χ3n) is 5.63. The van der Waals surface area contributed by atoms with E-state index in [-0.39, 0.29) is 0 Å². The van der Waals surface area contributed by atoms with Gasteiger partial charge in [0.25, 0.3) is 0 Å². The first-order valence-corrected chi connectivity index (χ1v) is 9.81. The van der Waals surface area contributed by atoms with Crippen molar-refractivity contribution >= 4 is 0 Å². The smallest absolute Gasteiger partial charge is 0.119 e. The molecule has 1 atom stereocenters. The minimum atomic E-state index is 0.454. The molecule has 0 N–H and O–H groups in total. The molecular weight excluding hydrogens is 282 g/mol. The molecule has 2 nitrogen and oxygen atoms in total. The molecule has 1 unspecified atom stereocenters. The lowest BCUT2D eigenvalue weighted by Crippen LogP contribution is -2.38. The van der Waals surface area contributed by atoms with Gasteiger partial charge in [-0.15, -0.1) is 0 Å². The zero-order valence-electron chi connectivity index (χ0n) is 14.8. The number of nitrogens with zero attached hydrogens (tertiary/aromatic N) is 1. The molecular formula is C21H33NO. The van der Waals surface area contributed by atoms with Crippen molar-refractivity contribution in [2.45, 2.75) is 83.3 Å². The van der Waals surface area contributed by atoms with E-state index in [0.717, 1.165) is 11.8 Å². The van der Waals surface area contributed by atoms with Crippen LogP contribution in [0.5, 0.6) is 5.75 Å². The lowest BCUT2D eigenvalue weighted by atomic mass is 9.98. The molecule has 2 fully saturated rings. The highest BCUT2D eigenvalue weighted by molar-refractivity contribution is 5.27. The van der Waals surface area contributed by atoms with E-state index < -0.39 is 0 Å².